The van der Waals surface area contributed by atoms with E-state index in [1.54, 1.807) is 6.92 Å². The minimum atomic E-state index is -2.13. The van der Waals surface area contributed by atoms with Gasteiger partial charge in [0, 0.05) is 0 Å². The molecule has 0 aromatic rings. The van der Waals surface area contributed by atoms with Crippen molar-refractivity contribution in [2.45, 2.75) is 211 Å². The normalized spacial score (nSPS) is 54.0. The molecular weight excluding hydrogens is 881 g/mol. The van der Waals surface area contributed by atoms with Crippen LogP contribution in [0.3, 0.4) is 0 Å². The van der Waals surface area contributed by atoms with E-state index in [0.29, 0.717) is 32.1 Å². The standard InChI is InChI=1S/C48H74O19/c1-21-28(51)30(53)32(55)39(62-21)65-35-34(57)36(38(58)59)66-41(37(35)67-40-33(56)31(54)29(52)24(19-49)63-40)64-27-11-12-44(4)25(45(27,5)20-50)10-13-47(7)26(44)9-8-22-23-18-43(2,3)14-16-48(23,42(60)61)17-15-46(22,47)6/h8,20-21,23-37,39-41,49,51-57H,9-19H2,1-7H3,(H,58,59)(H,60,61)/t21-,23+,24-,25+,26+,27-,28-,29-,30+,31+,32-,33-,34+,35+,36+,37-,39+,40+,41-,44-,45-,46+,47+,48+/m0/s1. The third kappa shape index (κ3) is 7.88. The van der Waals surface area contributed by atoms with E-state index in [-0.39, 0.29) is 40.4 Å². The van der Waals surface area contributed by atoms with Crippen molar-refractivity contribution in [1.29, 1.82) is 0 Å². The van der Waals surface area contributed by atoms with Crippen LogP contribution in [0.1, 0.15) is 113 Å². The molecule has 10 N–H and O–H groups in total. The third-order valence-corrected chi connectivity index (χ3v) is 19.3. The van der Waals surface area contributed by atoms with Gasteiger partial charge >= 0.3 is 11.9 Å². The zero-order valence-corrected chi connectivity index (χ0v) is 39.5. The molecule has 0 bridgehead atoms. The molecule has 24 atom stereocenters. The molecule has 0 aromatic carbocycles. The van der Waals surface area contributed by atoms with Gasteiger partial charge < -0.3 is 84.3 Å². The molecule has 0 radical (unpaired) electrons. The highest BCUT2D eigenvalue weighted by atomic mass is 16.8. The SMILES string of the molecule is C[C@@H]1O[C@H](O[C@@H]2[C@@H](O)[C@H](C(=O)O)O[C@H](O[C@H]3CC[C@]4(C)[C@H]5CC=C6[C@H]7CC(C)(C)CC[C@@]7(C(=O)O)CC[C@@]6(C)[C@]5(C)CC[C@H]4[C@]3(C)C=O)[C@H]2O[C@H]2O[C@@H](CO)[C@H](O)[C@@H](O)[C@@H]2O)[C@@H](O)[C@H](O)[C@H]1O. The number of aliphatic hydroxyl groups is 8. The number of hydrogen-bond acceptors (Lipinski definition) is 17. The van der Waals surface area contributed by atoms with Crippen molar-refractivity contribution in [3.05, 3.63) is 11.6 Å². The third-order valence-electron chi connectivity index (χ3n) is 19.3. The molecule has 67 heavy (non-hydrogen) atoms. The van der Waals surface area contributed by atoms with Crippen LogP contribution < -0.4 is 0 Å². The molecule has 0 aromatic heterocycles. The largest absolute Gasteiger partial charge is 0.481 e. The highest BCUT2D eigenvalue weighted by Gasteiger charge is 2.70. The maximum Gasteiger partial charge on any atom is 0.335 e. The summed E-state index contributed by atoms with van der Waals surface area (Å²) < 4.78 is 36.3. The fraction of sp³-hybridized carbons (Fsp3) is 0.896. The van der Waals surface area contributed by atoms with Gasteiger partial charge in [0.2, 0.25) is 0 Å². The summed E-state index contributed by atoms with van der Waals surface area (Å²) >= 11 is 0. The molecule has 3 aliphatic heterocycles. The Labute approximate surface area is 390 Å². The van der Waals surface area contributed by atoms with Gasteiger partial charge in [-0.05, 0) is 111 Å². The van der Waals surface area contributed by atoms with Gasteiger partial charge in [0.25, 0.3) is 0 Å². The zero-order valence-electron chi connectivity index (χ0n) is 39.5. The number of carbonyl (C=O) groups is 3. The maximum atomic E-state index is 13.8. The molecule has 8 rings (SSSR count). The van der Waals surface area contributed by atoms with E-state index >= 15 is 0 Å². The van der Waals surface area contributed by atoms with Crippen LogP contribution in [0.4, 0.5) is 0 Å². The zero-order chi connectivity index (χ0) is 49.1. The quantitative estimate of drug-likeness (QED) is 0.0830. The van der Waals surface area contributed by atoms with Crippen molar-refractivity contribution in [2.24, 2.45) is 50.2 Å². The number of rotatable bonds is 10. The summed E-state index contributed by atoms with van der Waals surface area (Å²) in [5, 5.41) is 107. The first kappa shape index (κ1) is 51.2. The van der Waals surface area contributed by atoms with Crippen molar-refractivity contribution in [3.8, 4) is 0 Å². The molecule has 19 nitrogen and oxygen atoms in total. The van der Waals surface area contributed by atoms with Crippen molar-refractivity contribution in [3.63, 3.8) is 0 Å². The van der Waals surface area contributed by atoms with E-state index in [2.05, 4.69) is 40.7 Å². The van der Waals surface area contributed by atoms with Gasteiger partial charge in [-0.25, -0.2) is 4.79 Å². The molecule has 0 unspecified atom stereocenters. The summed E-state index contributed by atoms with van der Waals surface area (Å²) in [6, 6.07) is 0. The van der Waals surface area contributed by atoms with Crippen LogP contribution in [0.2, 0.25) is 0 Å². The number of carboxylic acids is 2. The predicted molar refractivity (Wildman–Crippen MR) is 230 cm³/mol. The number of ether oxygens (including phenoxy) is 6. The van der Waals surface area contributed by atoms with Crippen molar-refractivity contribution in [1.82, 2.24) is 0 Å². The first-order valence-electron chi connectivity index (χ1n) is 24.2. The van der Waals surface area contributed by atoms with Gasteiger partial charge in [-0.2, -0.15) is 0 Å². The second-order valence-corrected chi connectivity index (χ2v) is 23.2. The summed E-state index contributed by atoms with van der Waals surface area (Å²) in [6.07, 6.45) is -18.3. The molecular formula is C48H74O19. The number of hydrogen-bond donors (Lipinski definition) is 10. The lowest BCUT2D eigenvalue weighted by atomic mass is 9.33. The number of allylic oxidation sites excluding steroid dienone is 2. The maximum absolute atomic E-state index is 13.8. The minimum absolute atomic E-state index is 0.000558. The van der Waals surface area contributed by atoms with Crippen molar-refractivity contribution in [2.75, 3.05) is 6.61 Å². The highest BCUT2D eigenvalue weighted by Crippen LogP contribution is 2.76. The van der Waals surface area contributed by atoms with Crippen LogP contribution in [0.25, 0.3) is 0 Å². The molecule has 8 aliphatic rings. The molecule has 19 heteroatoms. The average molecular weight is 955 g/mol. The van der Waals surface area contributed by atoms with Gasteiger partial charge in [0.05, 0.1) is 29.6 Å². The molecule has 3 heterocycles. The molecule has 0 amide bonds. The van der Waals surface area contributed by atoms with Crippen molar-refractivity contribution >= 4 is 18.2 Å². The lowest BCUT2D eigenvalue weighted by Crippen LogP contribution is -2.69. The van der Waals surface area contributed by atoms with Gasteiger partial charge in [-0.3, -0.25) is 4.79 Å². The van der Waals surface area contributed by atoms with Gasteiger partial charge in [-0.1, -0.05) is 53.2 Å². The van der Waals surface area contributed by atoms with Gasteiger partial charge in [-0.15, -0.1) is 0 Å². The van der Waals surface area contributed by atoms with E-state index in [1.165, 1.54) is 12.5 Å². The molecule has 4 saturated carbocycles. The van der Waals surface area contributed by atoms with Gasteiger partial charge in [0.15, 0.2) is 25.0 Å². The number of aliphatic hydroxyl groups excluding tert-OH is 8. The number of carboxylic acid groups (broad SMARTS) is 2. The summed E-state index contributed by atoms with van der Waals surface area (Å²) in [5.41, 5.74) is -1.73. The molecule has 380 valence electrons. The predicted octanol–water partition coefficient (Wildman–Crippen LogP) is 1.01. The Bertz CT molecular complexity index is 1910. The topological polar surface area (TPSA) is 309 Å². The van der Waals surface area contributed by atoms with Crippen LogP contribution in [0.5, 0.6) is 0 Å². The first-order chi connectivity index (χ1) is 31.2. The van der Waals surface area contributed by atoms with Crippen LogP contribution in [0.15, 0.2) is 11.6 Å². The second kappa shape index (κ2) is 17.8. The summed E-state index contributed by atoms with van der Waals surface area (Å²) in [5.74, 6) is -2.63. The van der Waals surface area contributed by atoms with E-state index in [9.17, 15) is 65.4 Å². The highest BCUT2D eigenvalue weighted by molar-refractivity contribution is 5.77. The molecule has 7 fully saturated rings. The Balaban J connectivity index is 1.12. The van der Waals surface area contributed by atoms with E-state index < -0.39 is 133 Å². The van der Waals surface area contributed by atoms with Crippen LogP contribution >= 0.6 is 0 Å². The summed E-state index contributed by atoms with van der Waals surface area (Å²) in [7, 11) is 0. The fourth-order valence-electron chi connectivity index (χ4n) is 14.9. The Hall–Kier alpha value is -2.21. The number of aliphatic carboxylic acids is 2. The van der Waals surface area contributed by atoms with Crippen LogP contribution in [0, 0.1) is 50.2 Å². The Morgan fingerprint density at radius 2 is 1.33 bits per heavy atom. The second-order valence-electron chi connectivity index (χ2n) is 23.2. The fourth-order valence-corrected chi connectivity index (χ4v) is 14.9. The van der Waals surface area contributed by atoms with Crippen LogP contribution in [-0.2, 0) is 42.8 Å². The Morgan fingerprint density at radius 1 is 0.701 bits per heavy atom. The van der Waals surface area contributed by atoms with Crippen molar-refractivity contribution < 1.29 is 93.9 Å². The summed E-state index contributed by atoms with van der Waals surface area (Å²) in [6.45, 7) is 13.8. The van der Waals surface area contributed by atoms with Gasteiger partial charge in [0.1, 0.15) is 67.3 Å². The van der Waals surface area contributed by atoms with E-state index in [1.807, 2.05) is 0 Å². The molecule has 5 aliphatic carbocycles. The monoisotopic (exact) mass is 954 g/mol. The van der Waals surface area contributed by atoms with Crippen LogP contribution in [-0.4, -0.2) is 174 Å². The smallest absolute Gasteiger partial charge is 0.335 e. The lowest BCUT2D eigenvalue weighted by Gasteiger charge is -2.71. The number of carbonyl (C=O) groups excluding carboxylic acids is 1. The van der Waals surface area contributed by atoms with E-state index in [0.717, 1.165) is 32.0 Å². The number of aldehydes is 1. The Morgan fingerprint density at radius 3 is 1.96 bits per heavy atom. The lowest BCUT2D eigenvalue weighted by molar-refractivity contribution is -0.394. The minimum Gasteiger partial charge on any atom is -0.481 e. The van der Waals surface area contributed by atoms with E-state index in [4.69, 9.17) is 28.4 Å². The molecule has 3 saturated heterocycles. The molecule has 0 spiro atoms. The average Bonchev–Trinajstić information content (AvgIpc) is 3.27. The first-order valence-corrected chi connectivity index (χ1v) is 24.2. The Kier molecular flexibility index (Phi) is 13.6. The summed E-state index contributed by atoms with van der Waals surface area (Å²) in [4.78, 5) is 39.8. The number of fused-ring (bicyclic) bond motifs is 7.